The van der Waals surface area contributed by atoms with Crippen molar-refractivity contribution in [3.8, 4) is 0 Å². The van der Waals surface area contributed by atoms with Gasteiger partial charge in [-0.1, -0.05) is 35.9 Å². The maximum Gasteiger partial charge on any atom is 0.273 e. The van der Waals surface area contributed by atoms with Gasteiger partial charge in [-0.25, -0.2) is 4.68 Å². The monoisotopic (exact) mass is 343 g/mol. The number of nitrogens with one attached hydrogen (secondary N) is 2. The van der Waals surface area contributed by atoms with Crippen LogP contribution >= 0.6 is 11.6 Å². The minimum Gasteiger partial charge on any atom is -0.350 e. The van der Waals surface area contributed by atoms with E-state index in [4.69, 9.17) is 11.6 Å². The largest absolute Gasteiger partial charge is 0.350 e. The van der Waals surface area contributed by atoms with Gasteiger partial charge >= 0.3 is 0 Å². The van der Waals surface area contributed by atoms with Crippen LogP contribution in [0.1, 0.15) is 5.56 Å². The lowest BCUT2D eigenvalue weighted by atomic mass is 10.2. The van der Waals surface area contributed by atoms with E-state index in [0.717, 1.165) is 10.2 Å². The van der Waals surface area contributed by atoms with E-state index in [9.17, 15) is 14.4 Å². The molecular weight excluding hydrogens is 330 g/mol. The first-order chi connectivity index (χ1) is 11.5. The van der Waals surface area contributed by atoms with Crippen LogP contribution in [0.5, 0.6) is 0 Å². The number of rotatable bonds is 4. The Balaban J connectivity index is 1.76. The van der Waals surface area contributed by atoms with Crippen LogP contribution in [0.25, 0.3) is 10.8 Å². The van der Waals surface area contributed by atoms with Crippen LogP contribution in [-0.4, -0.2) is 15.7 Å². The lowest BCUT2D eigenvalue weighted by molar-refractivity contribution is -0.122. The number of aromatic amines is 1. The maximum atomic E-state index is 12.3. The highest BCUT2D eigenvalue weighted by atomic mass is 35.5. The van der Waals surface area contributed by atoms with Gasteiger partial charge in [0.15, 0.2) is 0 Å². The molecule has 2 aromatic carbocycles. The molecule has 0 spiro atoms. The van der Waals surface area contributed by atoms with Crippen molar-refractivity contribution in [3.05, 3.63) is 79.8 Å². The Bertz CT molecular complexity index is 1010. The number of amides is 1. The maximum absolute atomic E-state index is 12.3. The molecule has 0 aliphatic rings. The second kappa shape index (κ2) is 6.72. The molecule has 122 valence electrons. The van der Waals surface area contributed by atoms with Crippen molar-refractivity contribution in [1.82, 2.24) is 15.1 Å². The van der Waals surface area contributed by atoms with Crippen LogP contribution in [0, 0.1) is 0 Å². The summed E-state index contributed by atoms with van der Waals surface area (Å²) in [5, 5.41) is 6.33. The van der Waals surface area contributed by atoms with Gasteiger partial charge in [0, 0.05) is 11.6 Å². The third-order valence-electron chi connectivity index (χ3n) is 3.59. The van der Waals surface area contributed by atoms with E-state index >= 15 is 0 Å². The molecule has 0 saturated heterocycles. The molecule has 0 aliphatic heterocycles. The smallest absolute Gasteiger partial charge is 0.273 e. The molecule has 0 unspecified atom stereocenters. The van der Waals surface area contributed by atoms with Gasteiger partial charge in [-0.3, -0.25) is 19.5 Å². The summed E-state index contributed by atoms with van der Waals surface area (Å²) in [7, 11) is 0. The summed E-state index contributed by atoms with van der Waals surface area (Å²) in [5.41, 5.74) is 0.0645. The third-order valence-corrected chi connectivity index (χ3v) is 3.84. The van der Waals surface area contributed by atoms with Crippen molar-refractivity contribution in [2.75, 3.05) is 0 Å². The number of hydrogen-bond donors (Lipinski definition) is 2. The van der Waals surface area contributed by atoms with Gasteiger partial charge in [-0.05, 0) is 29.8 Å². The van der Waals surface area contributed by atoms with E-state index in [2.05, 4.69) is 10.4 Å². The molecule has 24 heavy (non-hydrogen) atoms. The van der Waals surface area contributed by atoms with Crippen molar-refractivity contribution in [1.29, 1.82) is 0 Å². The Hall–Kier alpha value is -2.86. The van der Waals surface area contributed by atoms with Crippen LogP contribution < -0.4 is 16.4 Å². The Labute approximate surface area is 141 Å². The fraction of sp³-hybridized carbons (Fsp3) is 0.118. The molecule has 0 bridgehead atoms. The van der Waals surface area contributed by atoms with Crippen molar-refractivity contribution in [2.24, 2.45) is 0 Å². The number of benzene rings is 2. The number of fused-ring (bicyclic) bond motifs is 1. The Morgan fingerprint density at radius 3 is 2.42 bits per heavy atom. The fourth-order valence-corrected chi connectivity index (χ4v) is 2.49. The van der Waals surface area contributed by atoms with Crippen molar-refractivity contribution < 1.29 is 4.79 Å². The molecule has 3 rings (SSSR count). The first-order valence-electron chi connectivity index (χ1n) is 7.27. The normalized spacial score (nSPS) is 10.7. The molecular formula is C17H14ClN3O3. The van der Waals surface area contributed by atoms with Gasteiger partial charge in [0.2, 0.25) is 5.91 Å². The van der Waals surface area contributed by atoms with Gasteiger partial charge in [0.25, 0.3) is 11.1 Å². The molecule has 1 aromatic heterocycles. The van der Waals surface area contributed by atoms with Crippen molar-refractivity contribution in [3.63, 3.8) is 0 Å². The number of carbonyl (C=O) groups excluding carboxylic acids is 1. The standard InChI is InChI=1S/C17H14ClN3O3/c18-12-7-5-11(6-8-12)9-19-15(22)10-21-17(24)14-4-2-1-3-13(14)16(23)20-21/h1-8H,9-10H2,(H,19,22)(H,20,23). The van der Waals surface area contributed by atoms with E-state index in [1.165, 1.54) is 0 Å². The van der Waals surface area contributed by atoms with Gasteiger partial charge < -0.3 is 5.32 Å². The fourth-order valence-electron chi connectivity index (χ4n) is 2.36. The number of halogens is 1. The molecule has 0 saturated carbocycles. The third kappa shape index (κ3) is 3.38. The SMILES string of the molecule is O=C(Cn1[nH]c(=O)c2ccccc2c1=O)NCc1ccc(Cl)cc1. The molecule has 7 heteroatoms. The minimum atomic E-state index is -0.410. The van der Waals surface area contributed by atoms with E-state index < -0.39 is 11.1 Å². The summed E-state index contributed by atoms with van der Waals surface area (Å²) in [4.78, 5) is 36.3. The van der Waals surface area contributed by atoms with E-state index in [1.807, 2.05) is 0 Å². The lowest BCUT2D eigenvalue weighted by Crippen LogP contribution is -2.36. The Morgan fingerprint density at radius 2 is 1.71 bits per heavy atom. The van der Waals surface area contributed by atoms with Crippen molar-refractivity contribution >= 4 is 28.3 Å². The average Bonchev–Trinajstić information content (AvgIpc) is 2.59. The average molecular weight is 344 g/mol. The van der Waals surface area contributed by atoms with Crippen LogP contribution in [0.2, 0.25) is 5.02 Å². The van der Waals surface area contributed by atoms with Crippen molar-refractivity contribution in [2.45, 2.75) is 13.1 Å². The number of aromatic nitrogens is 2. The lowest BCUT2D eigenvalue weighted by Gasteiger charge is -2.08. The van der Waals surface area contributed by atoms with Crippen LogP contribution in [0.15, 0.2) is 58.1 Å². The van der Waals surface area contributed by atoms with Crippen LogP contribution in [-0.2, 0) is 17.9 Å². The Kier molecular flexibility index (Phi) is 4.48. The molecule has 1 amide bonds. The zero-order valence-corrected chi connectivity index (χ0v) is 13.3. The zero-order chi connectivity index (χ0) is 17.1. The number of carbonyl (C=O) groups is 1. The highest BCUT2D eigenvalue weighted by molar-refractivity contribution is 6.30. The van der Waals surface area contributed by atoms with Gasteiger partial charge in [0.1, 0.15) is 6.54 Å². The first-order valence-corrected chi connectivity index (χ1v) is 7.65. The van der Waals surface area contributed by atoms with E-state index in [1.54, 1.807) is 48.5 Å². The minimum absolute atomic E-state index is 0.257. The first kappa shape index (κ1) is 16.0. The molecule has 0 atom stereocenters. The summed E-state index contributed by atoms with van der Waals surface area (Å²) in [5.74, 6) is -0.377. The number of nitrogens with zero attached hydrogens (tertiary/aromatic N) is 1. The topological polar surface area (TPSA) is 84.0 Å². The molecule has 0 radical (unpaired) electrons. The second-order valence-corrected chi connectivity index (χ2v) is 5.72. The van der Waals surface area contributed by atoms with E-state index in [-0.39, 0.29) is 17.8 Å². The van der Waals surface area contributed by atoms with Crippen LogP contribution in [0.4, 0.5) is 0 Å². The summed E-state index contributed by atoms with van der Waals surface area (Å²) in [6.45, 7) is 0.0507. The molecule has 2 N–H and O–H groups in total. The summed E-state index contributed by atoms with van der Waals surface area (Å²) < 4.78 is 1.02. The van der Waals surface area contributed by atoms with Crippen LogP contribution in [0.3, 0.4) is 0 Å². The van der Waals surface area contributed by atoms with Gasteiger partial charge in [0.05, 0.1) is 10.8 Å². The predicted octanol–water partition coefficient (Wildman–Crippen LogP) is 1.66. The van der Waals surface area contributed by atoms with Gasteiger partial charge in [-0.15, -0.1) is 0 Å². The Morgan fingerprint density at radius 1 is 1.04 bits per heavy atom. The second-order valence-electron chi connectivity index (χ2n) is 5.28. The molecule has 3 aromatic rings. The summed E-state index contributed by atoms with van der Waals surface area (Å²) in [6.07, 6.45) is 0. The summed E-state index contributed by atoms with van der Waals surface area (Å²) >= 11 is 5.80. The molecule has 6 nitrogen and oxygen atoms in total. The molecule has 1 heterocycles. The number of hydrogen-bond acceptors (Lipinski definition) is 3. The quantitative estimate of drug-likeness (QED) is 0.755. The van der Waals surface area contributed by atoms with E-state index in [0.29, 0.717) is 17.0 Å². The zero-order valence-electron chi connectivity index (χ0n) is 12.6. The highest BCUT2D eigenvalue weighted by Gasteiger charge is 2.09. The predicted molar refractivity (Wildman–Crippen MR) is 92.1 cm³/mol. The molecule has 0 aliphatic carbocycles. The number of H-pyrrole nitrogens is 1. The summed E-state index contributed by atoms with van der Waals surface area (Å²) in [6, 6.07) is 13.5. The van der Waals surface area contributed by atoms with Gasteiger partial charge in [-0.2, -0.15) is 0 Å². The molecule has 0 fully saturated rings. The highest BCUT2D eigenvalue weighted by Crippen LogP contribution is 2.09.